The van der Waals surface area contributed by atoms with E-state index < -0.39 is 23.5 Å². The normalized spacial score (nSPS) is 19.9. The van der Waals surface area contributed by atoms with Crippen molar-refractivity contribution in [3.63, 3.8) is 0 Å². The summed E-state index contributed by atoms with van der Waals surface area (Å²) < 4.78 is 79.9. The molecule has 0 saturated carbocycles. The van der Waals surface area contributed by atoms with E-state index in [1.54, 1.807) is 4.90 Å². The van der Waals surface area contributed by atoms with E-state index in [1.165, 1.54) is 12.4 Å². The molecule has 1 saturated heterocycles. The van der Waals surface area contributed by atoms with Crippen molar-refractivity contribution >= 4 is 21.9 Å². The van der Waals surface area contributed by atoms with Gasteiger partial charge in [-0.2, -0.15) is 26.3 Å². The van der Waals surface area contributed by atoms with Gasteiger partial charge in [-0.05, 0) is 52.5 Å². The quantitative estimate of drug-likeness (QED) is 0.561. The topological polar surface area (TPSA) is 41.1 Å². The number of benzene rings is 1. The van der Waals surface area contributed by atoms with Gasteiger partial charge in [0.25, 0.3) is 0 Å². The van der Waals surface area contributed by atoms with Crippen LogP contribution in [0.5, 0.6) is 0 Å². The molecule has 2 heterocycles. The van der Waals surface area contributed by atoms with Crippen LogP contribution in [0.3, 0.4) is 0 Å². The summed E-state index contributed by atoms with van der Waals surface area (Å²) in [5.41, 5.74) is -2.77. The largest absolute Gasteiger partial charge is 0.416 e. The zero-order chi connectivity index (χ0) is 22.1. The summed E-state index contributed by atoms with van der Waals surface area (Å²) in [5.74, 6) is 0.243. The zero-order valence-corrected chi connectivity index (χ0v) is 17.4. The summed E-state index contributed by atoms with van der Waals surface area (Å²) in [4.78, 5) is 10.1. The molecule has 11 heteroatoms. The van der Waals surface area contributed by atoms with E-state index in [0.29, 0.717) is 17.4 Å². The summed E-state index contributed by atoms with van der Waals surface area (Å²) in [6, 6.07) is 1.68. The molecular formula is C19H19BrF6N4. The predicted molar refractivity (Wildman–Crippen MR) is 103 cm³/mol. The lowest BCUT2D eigenvalue weighted by molar-refractivity contribution is -0.143. The van der Waals surface area contributed by atoms with Gasteiger partial charge < -0.3 is 10.2 Å². The van der Waals surface area contributed by atoms with E-state index in [2.05, 4.69) is 31.2 Å². The Bertz CT molecular complexity index is 837. The van der Waals surface area contributed by atoms with Gasteiger partial charge in [-0.15, -0.1) is 0 Å². The fourth-order valence-corrected chi connectivity index (χ4v) is 3.68. The van der Waals surface area contributed by atoms with E-state index in [9.17, 15) is 26.3 Å². The smallest absolute Gasteiger partial charge is 0.332 e. The van der Waals surface area contributed by atoms with Crippen LogP contribution in [0.1, 0.15) is 36.5 Å². The van der Waals surface area contributed by atoms with Crippen LogP contribution >= 0.6 is 15.9 Å². The van der Waals surface area contributed by atoms with E-state index in [1.807, 2.05) is 6.92 Å². The molecule has 0 amide bonds. The number of nitrogens with one attached hydrogen (secondary N) is 1. The second kappa shape index (κ2) is 8.70. The molecule has 3 rings (SSSR count). The Morgan fingerprint density at radius 1 is 1.03 bits per heavy atom. The summed E-state index contributed by atoms with van der Waals surface area (Å²) in [6.45, 7) is 2.35. The Hall–Kier alpha value is -1.88. The Kier molecular flexibility index (Phi) is 6.61. The fourth-order valence-electron chi connectivity index (χ4n) is 3.47. The van der Waals surface area contributed by atoms with Gasteiger partial charge in [-0.1, -0.05) is 6.92 Å². The molecule has 2 atom stereocenters. The molecular weight excluding hydrogens is 478 g/mol. The molecule has 1 aliphatic rings. The highest BCUT2D eigenvalue weighted by Crippen LogP contribution is 2.37. The second-order valence-electron chi connectivity index (χ2n) is 7.15. The first-order valence-electron chi connectivity index (χ1n) is 9.23. The number of nitrogens with zero attached hydrogens (tertiary/aromatic N) is 3. The van der Waals surface area contributed by atoms with Gasteiger partial charge >= 0.3 is 12.4 Å². The average Bonchev–Trinajstić information content (AvgIpc) is 3.14. The minimum atomic E-state index is -4.89. The van der Waals surface area contributed by atoms with Crippen molar-refractivity contribution in [1.82, 2.24) is 15.3 Å². The van der Waals surface area contributed by atoms with Crippen LogP contribution in [0.15, 0.2) is 35.1 Å². The number of rotatable bonds is 5. The van der Waals surface area contributed by atoms with Crippen molar-refractivity contribution in [2.45, 2.75) is 50.7 Å². The van der Waals surface area contributed by atoms with Gasteiger partial charge in [0.05, 0.1) is 15.6 Å². The Morgan fingerprint density at radius 3 is 2.07 bits per heavy atom. The first-order valence-corrected chi connectivity index (χ1v) is 10.0. The van der Waals surface area contributed by atoms with Crippen LogP contribution in [-0.4, -0.2) is 28.6 Å². The maximum atomic E-state index is 13.2. The first-order chi connectivity index (χ1) is 14.0. The molecule has 0 radical (unpaired) electrons. The average molecular weight is 497 g/mol. The third-order valence-corrected chi connectivity index (χ3v) is 5.41. The van der Waals surface area contributed by atoms with Gasteiger partial charge in [0.1, 0.15) is 0 Å². The maximum absolute atomic E-state index is 13.2. The molecule has 4 nitrogen and oxygen atoms in total. The Labute approximate surface area is 177 Å². The molecule has 0 bridgehead atoms. The number of hydrogen-bond acceptors (Lipinski definition) is 4. The van der Waals surface area contributed by atoms with E-state index in [4.69, 9.17) is 0 Å². The van der Waals surface area contributed by atoms with Crippen LogP contribution in [0.4, 0.5) is 32.3 Å². The van der Waals surface area contributed by atoms with Crippen molar-refractivity contribution in [2.75, 3.05) is 11.4 Å². The molecule has 0 spiro atoms. The number of aromatic nitrogens is 2. The molecule has 1 aromatic carbocycles. The molecule has 1 fully saturated rings. The number of alkyl halides is 6. The zero-order valence-electron chi connectivity index (χ0n) is 15.9. The molecule has 2 aromatic rings. The third-order valence-electron chi connectivity index (χ3n) is 5.00. The van der Waals surface area contributed by atoms with Crippen LogP contribution in [-0.2, 0) is 18.9 Å². The van der Waals surface area contributed by atoms with Gasteiger partial charge in [0.15, 0.2) is 0 Å². The number of hydrogen-bond donors (Lipinski definition) is 1. The molecule has 0 aliphatic carbocycles. The van der Waals surface area contributed by atoms with Crippen LogP contribution in [0.2, 0.25) is 0 Å². The van der Waals surface area contributed by atoms with Gasteiger partial charge in [0.2, 0.25) is 5.95 Å². The van der Waals surface area contributed by atoms with Crippen molar-refractivity contribution in [1.29, 1.82) is 0 Å². The number of halogens is 7. The lowest BCUT2D eigenvalue weighted by atomic mass is 10.0. The Balaban J connectivity index is 2.00. The van der Waals surface area contributed by atoms with Crippen molar-refractivity contribution < 1.29 is 26.3 Å². The van der Waals surface area contributed by atoms with Crippen molar-refractivity contribution in [3.8, 4) is 0 Å². The summed E-state index contributed by atoms with van der Waals surface area (Å²) >= 11 is 3.22. The first kappa shape index (κ1) is 22.8. The van der Waals surface area contributed by atoms with Gasteiger partial charge in [-0.25, -0.2) is 9.97 Å². The van der Waals surface area contributed by atoms with E-state index >= 15 is 0 Å². The highest BCUT2D eigenvalue weighted by molar-refractivity contribution is 9.10. The molecule has 164 valence electrons. The van der Waals surface area contributed by atoms with Crippen LogP contribution in [0, 0.1) is 0 Å². The van der Waals surface area contributed by atoms with Gasteiger partial charge in [0, 0.05) is 37.6 Å². The molecule has 1 aromatic heterocycles. The minimum Gasteiger partial charge on any atom is -0.332 e. The lowest BCUT2D eigenvalue weighted by Crippen LogP contribution is -2.37. The summed E-state index contributed by atoms with van der Waals surface area (Å²) in [7, 11) is 0. The van der Waals surface area contributed by atoms with E-state index in [-0.39, 0.29) is 36.2 Å². The molecule has 1 aliphatic heterocycles. The maximum Gasteiger partial charge on any atom is 0.416 e. The van der Waals surface area contributed by atoms with Crippen molar-refractivity contribution in [3.05, 3.63) is 51.8 Å². The second-order valence-corrected chi connectivity index (χ2v) is 8.06. The monoisotopic (exact) mass is 496 g/mol. The molecule has 2 unspecified atom stereocenters. The number of anilines is 1. The van der Waals surface area contributed by atoms with Crippen LogP contribution < -0.4 is 10.2 Å². The summed E-state index contributed by atoms with van der Waals surface area (Å²) in [5, 5.41) is 3.31. The third kappa shape index (κ3) is 5.42. The minimum absolute atomic E-state index is 0.108. The molecule has 1 N–H and O–H groups in total. The van der Waals surface area contributed by atoms with Crippen molar-refractivity contribution in [2.24, 2.45) is 0 Å². The van der Waals surface area contributed by atoms with Crippen LogP contribution in [0.25, 0.3) is 0 Å². The molecule has 30 heavy (non-hydrogen) atoms. The highest BCUT2D eigenvalue weighted by atomic mass is 79.9. The SMILES string of the molecule is CCC1CC(N(Cc2cc(C(F)(F)F)cc(C(F)(F)F)c2)c2ncc(Br)cn2)CN1. The standard InChI is InChI=1S/C19H19BrF6N4/c1-2-15-6-16(9-27-15)30(17-28-7-14(20)8-29-17)10-11-3-12(18(21,22)23)5-13(4-11)19(24,25)26/h3-5,7-8,15-16,27H,2,6,9-10H2,1H3. The highest BCUT2D eigenvalue weighted by Gasteiger charge is 2.37. The predicted octanol–water partition coefficient (Wildman–Crippen LogP) is 5.42. The lowest BCUT2D eigenvalue weighted by Gasteiger charge is -2.29. The van der Waals surface area contributed by atoms with Gasteiger partial charge in [-0.3, -0.25) is 0 Å². The Morgan fingerprint density at radius 2 is 1.60 bits per heavy atom. The van der Waals surface area contributed by atoms with E-state index in [0.717, 1.165) is 18.6 Å². The fraction of sp³-hybridized carbons (Fsp3) is 0.474. The summed E-state index contributed by atoms with van der Waals surface area (Å²) in [6.07, 6.45) is -5.27.